The van der Waals surface area contributed by atoms with Crippen molar-refractivity contribution >= 4 is 16.3 Å². The van der Waals surface area contributed by atoms with Gasteiger partial charge in [-0.25, -0.2) is 0 Å². The van der Waals surface area contributed by atoms with Crippen LogP contribution in [0.1, 0.15) is 5.56 Å². The molecule has 0 aromatic heterocycles. The van der Waals surface area contributed by atoms with Crippen molar-refractivity contribution in [3.63, 3.8) is 0 Å². The molecule has 1 aromatic rings. The largest absolute Gasteiger partial charge is 0.487 e. The first-order valence-electron chi connectivity index (χ1n) is 3.94. The molecule has 1 aromatic carbocycles. The zero-order valence-corrected chi connectivity index (χ0v) is 7.92. The number of fused-ring (bicyclic) bond motifs is 1. The molecular formula is C9H7FO3S. The fraction of sp³-hybridized carbons (Fsp3) is 0.111. The molecule has 0 bridgehead atoms. The molecule has 3 nitrogen and oxygen atoms in total. The molecule has 0 spiro atoms. The van der Waals surface area contributed by atoms with Gasteiger partial charge in [-0.05, 0) is 12.1 Å². The van der Waals surface area contributed by atoms with Crippen molar-refractivity contribution in [2.75, 3.05) is 6.61 Å². The summed E-state index contributed by atoms with van der Waals surface area (Å²) in [5.41, 5.74) is 0.579. The van der Waals surface area contributed by atoms with Gasteiger partial charge in [-0.1, -0.05) is 18.2 Å². The Hall–Kier alpha value is -1.36. The van der Waals surface area contributed by atoms with Gasteiger partial charge in [-0.15, -0.1) is 3.89 Å². The average molecular weight is 214 g/mol. The summed E-state index contributed by atoms with van der Waals surface area (Å²) in [6, 6.07) is 6.86. The summed E-state index contributed by atoms with van der Waals surface area (Å²) in [6.45, 7) is -0.240. The number of hydrogen-bond acceptors (Lipinski definition) is 3. The number of halogens is 1. The van der Waals surface area contributed by atoms with Crippen molar-refractivity contribution in [2.24, 2.45) is 0 Å². The molecule has 5 heteroatoms. The first-order chi connectivity index (χ1) is 6.57. The van der Waals surface area contributed by atoms with E-state index in [0.29, 0.717) is 11.3 Å². The van der Waals surface area contributed by atoms with Crippen LogP contribution < -0.4 is 4.74 Å². The van der Waals surface area contributed by atoms with Crippen LogP contribution in [0.4, 0.5) is 3.89 Å². The third kappa shape index (κ3) is 1.63. The van der Waals surface area contributed by atoms with Gasteiger partial charge in [-0.3, -0.25) is 0 Å². The van der Waals surface area contributed by atoms with E-state index in [1.54, 1.807) is 24.3 Å². The molecule has 0 fully saturated rings. The van der Waals surface area contributed by atoms with Gasteiger partial charge in [0, 0.05) is 5.56 Å². The molecule has 74 valence electrons. The monoisotopic (exact) mass is 214 g/mol. The van der Waals surface area contributed by atoms with Gasteiger partial charge in [-0.2, -0.15) is 8.42 Å². The number of hydrogen-bond donors (Lipinski definition) is 0. The summed E-state index contributed by atoms with van der Waals surface area (Å²) < 4.78 is 38.8. The molecule has 2 rings (SSSR count). The first kappa shape index (κ1) is 9.21. The van der Waals surface area contributed by atoms with Gasteiger partial charge in [0.05, 0.1) is 0 Å². The number of benzene rings is 1. The first-order valence-corrected chi connectivity index (χ1v) is 5.33. The van der Waals surface area contributed by atoms with Crippen molar-refractivity contribution in [2.45, 2.75) is 0 Å². The quantitative estimate of drug-likeness (QED) is 0.668. The normalized spacial score (nSPS) is 15.4. The predicted molar refractivity (Wildman–Crippen MR) is 49.9 cm³/mol. The molecule has 0 radical (unpaired) electrons. The minimum Gasteiger partial charge on any atom is -0.487 e. The van der Waals surface area contributed by atoms with Crippen LogP contribution >= 0.6 is 0 Å². The highest BCUT2D eigenvalue weighted by atomic mass is 32.3. The maximum Gasteiger partial charge on any atom is 0.331 e. The number of para-hydroxylation sites is 1. The maximum atomic E-state index is 12.6. The van der Waals surface area contributed by atoms with Crippen molar-refractivity contribution in [1.82, 2.24) is 0 Å². The lowest BCUT2D eigenvalue weighted by Crippen LogP contribution is -2.11. The van der Waals surface area contributed by atoms with Gasteiger partial charge < -0.3 is 4.74 Å². The van der Waals surface area contributed by atoms with Crippen molar-refractivity contribution in [1.29, 1.82) is 0 Å². The standard InChI is InChI=1S/C9H7FO3S/c10-14(11,12)8-5-7-3-1-2-4-9(7)13-6-8/h1-5H,6H2. The fourth-order valence-corrected chi connectivity index (χ4v) is 1.70. The molecule has 0 aliphatic carbocycles. The van der Waals surface area contributed by atoms with Crippen LogP contribution in [0.25, 0.3) is 6.08 Å². The lowest BCUT2D eigenvalue weighted by molar-refractivity contribution is 0.352. The third-order valence-corrected chi connectivity index (χ3v) is 2.78. The molecule has 1 aliphatic rings. The molecule has 0 saturated heterocycles. The van der Waals surface area contributed by atoms with Crippen LogP contribution in [0.2, 0.25) is 0 Å². The third-order valence-electron chi connectivity index (χ3n) is 1.92. The highest BCUT2D eigenvalue weighted by Crippen LogP contribution is 2.28. The van der Waals surface area contributed by atoms with E-state index in [-0.39, 0.29) is 11.5 Å². The molecule has 0 atom stereocenters. The highest BCUT2D eigenvalue weighted by Gasteiger charge is 2.21. The smallest absolute Gasteiger partial charge is 0.331 e. The van der Waals surface area contributed by atoms with Crippen LogP contribution in [0, 0.1) is 0 Å². The zero-order chi connectivity index (χ0) is 10.2. The Labute approximate surface area is 81.0 Å². The Balaban J connectivity index is 2.51. The highest BCUT2D eigenvalue weighted by molar-refractivity contribution is 7.90. The number of ether oxygens (including phenoxy) is 1. The maximum absolute atomic E-state index is 12.6. The summed E-state index contributed by atoms with van der Waals surface area (Å²) in [4.78, 5) is -0.337. The second kappa shape index (κ2) is 3.09. The van der Waals surface area contributed by atoms with Crippen LogP contribution in [-0.4, -0.2) is 15.0 Å². The topological polar surface area (TPSA) is 43.4 Å². The summed E-state index contributed by atoms with van der Waals surface area (Å²) in [7, 11) is -4.63. The zero-order valence-electron chi connectivity index (χ0n) is 7.10. The Morgan fingerprint density at radius 1 is 1.29 bits per heavy atom. The Bertz CT molecular complexity index is 491. The number of rotatable bonds is 1. The van der Waals surface area contributed by atoms with E-state index in [1.807, 2.05) is 0 Å². The van der Waals surface area contributed by atoms with E-state index < -0.39 is 10.2 Å². The van der Waals surface area contributed by atoms with E-state index >= 15 is 0 Å². The Kier molecular flexibility index (Phi) is 2.03. The van der Waals surface area contributed by atoms with Gasteiger partial charge in [0.25, 0.3) is 0 Å². The minimum atomic E-state index is -4.63. The Morgan fingerprint density at radius 2 is 2.00 bits per heavy atom. The van der Waals surface area contributed by atoms with Gasteiger partial charge in [0.1, 0.15) is 17.3 Å². The second-order valence-electron chi connectivity index (χ2n) is 2.87. The second-order valence-corrected chi connectivity index (χ2v) is 4.28. The lowest BCUT2D eigenvalue weighted by Gasteiger charge is -2.14. The van der Waals surface area contributed by atoms with Gasteiger partial charge >= 0.3 is 10.2 Å². The molecule has 0 N–H and O–H groups in total. The molecular weight excluding hydrogens is 207 g/mol. The van der Waals surface area contributed by atoms with Crippen LogP contribution in [0.15, 0.2) is 29.2 Å². The van der Waals surface area contributed by atoms with Gasteiger partial charge in [0.15, 0.2) is 0 Å². The summed E-state index contributed by atoms with van der Waals surface area (Å²) in [5, 5.41) is 0. The molecule has 0 saturated carbocycles. The lowest BCUT2D eigenvalue weighted by atomic mass is 10.1. The average Bonchev–Trinajstić information content (AvgIpc) is 2.16. The van der Waals surface area contributed by atoms with Crippen molar-refractivity contribution < 1.29 is 17.0 Å². The van der Waals surface area contributed by atoms with E-state index in [9.17, 15) is 12.3 Å². The van der Waals surface area contributed by atoms with Crippen LogP contribution in [0.5, 0.6) is 5.75 Å². The minimum absolute atomic E-state index is 0.240. The Morgan fingerprint density at radius 3 is 2.71 bits per heavy atom. The van der Waals surface area contributed by atoms with Crippen molar-refractivity contribution in [3.8, 4) is 5.75 Å². The van der Waals surface area contributed by atoms with E-state index in [2.05, 4.69) is 0 Å². The SMILES string of the molecule is O=S(=O)(F)C1=Cc2ccccc2OC1. The summed E-state index contributed by atoms with van der Waals surface area (Å²) in [6.07, 6.45) is 1.29. The predicted octanol–water partition coefficient (Wildman–Crippen LogP) is 1.72. The molecule has 1 aliphatic heterocycles. The van der Waals surface area contributed by atoms with E-state index in [1.165, 1.54) is 6.08 Å². The van der Waals surface area contributed by atoms with Gasteiger partial charge in [0.2, 0.25) is 0 Å². The van der Waals surface area contributed by atoms with Crippen molar-refractivity contribution in [3.05, 3.63) is 34.7 Å². The summed E-state index contributed by atoms with van der Waals surface area (Å²) in [5.74, 6) is 0.569. The molecule has 0 amide bonds. The summed E-state index contributed by atoms with van der Waals surface area (Å²) >= 11 is 0. The van der Waals surface area contributed by atoms with Crippen LogP contribution in [0.3, 0.4) is 0 Å². The van der Waals surface area contributed by atoms with Crippen LogP contribution in [-0.2, 0) is 10.2 Å². The molecule has 0 unspecified atom stereocenters. The van der Waals surface area contributed by atoms with E-state index in [0.717, 1.165) is 0 Å². The molecule has 1 heterocycles. The molecule has 14 heavy (non-hydrogen) atoms. The fourth-order valence-electron chi connectivity index (χ4n) is 1.24. The van der Waals surface area contributed by atoms with E-state index in [4.69, 9.17) is 4.74 Å².